The number of nitrogens with zero attached hydrogens (tertiary/aromatic N) is 3. The van der Waals surface area contributed by atoms with Crippen LogP contribution in [0.5, 0.6) is 5.75 Å². The molecule has 4 rings (SSSR count). The molecule has 2 aromatic carbocycles. The topological polar surface area (TPSA) is 96.1 Å². The summed E-state index contributed by atoms with van der Waals surface area (Å²) in [7, 11) is 0. The Morgan fingerprint density at radius 2 is 1.81 bits per heavy atom. The van der Waals surface area contributed by atoms with E-state index in [0.717, 1.165) is 5.56 Å². The van der Waals surface area contributed by atoms with E-state index < -0.39 is 5.91 Å². The van der Waals surface area contributed by atoms with Crippen molar-refractivity contribution in [3.8, 4) is 5.75 Å². The van der Waals surface area contributed by atoms with Crippen LogP contribution in [0, 0.1) is 0 Å². The van der Waals surface area contributed by atoms with Gasteiger partial charge in [-0.25, -0.2) is 10.4 Å². The number of fused-ring (bicyclic) bond motifs is 1. The smallest absolute Gasteiger partial charge is 0.275 e. The lowest BCUT2D eigenvalue weighted by atomic mass is 10.2. The maximum atomic E-state index is 13.0. The molecule has 8 heteroatoms. The predicted octanol–water partition coefficient (Wildman–Crippen LogP) is 3.46. The monoisotopic (exact) mass is 430 g/mol. The quantitative estimate of drug-likeness (QED) is 0.211. The highest BCUT2D eigenvalue weighted by Gasteiger charge is 2.13. The average molecular weight is 430 g/mol. The highest BCUT2D eigenvalue weighted by atomic mass is 32.2. The number of hydrazone groups is 1. The lowest BCUT2D eigenvalue weighted by molar-refractivity contribution is 0.0952. The first-order chi connectivity index (χ1) is 15.1. The molecular weight excluding hydrogens is 412 g/mol. The minimum absolute atomic E-state index is 0.0895. The highest BCUT2D eigenvalue weighted by molar-refractivity contribution is 7.98. The van der Waals surface area contributed by atoms with Crippen LogP contribution in [0.1, 0.15) is 21.5 Å². The van der Waals surface area contributed by atoms with E-state index in [1.54, 1.807) is 30.5 Å². The van der Waals surface area contributed by atoms with Crippen molar-refractivity contribution in [2.75, 3.05) is 0 Å². The first kappa shape index (κ1) is 20.4. The molecule has 31 heavy (non-hydrogen) atoms. The maximum absolute atomic E-state index is 13.0. The molecule has 2 aromatic heterocycles. The van der Waals surface area contributed by atoms with Gasteiger partial charge in [-0.2, -0.15) is 5.10 Å². The van der Waals surface area contributed by atoms with Crippen molar-refractivity contribution in [3.05, 3.63) is 106 Å². The summed E-state index contributed by atoms with van der Waals surface area (Å²) in [6.07, 6.45) is 2.92. The summed E-state index contributed by atoms with van der Waals surface area (Å²) >= 11 is 1.42. The zero-order chi connectivity index (χ0) is 21.6. The molecule has 1 amide bonds. The van der Waals surface area contributed by atoms with Crippen molar-refractivity contribution in [3.63, 3.8) is 0 Å². The first-order valence-electron chi connectivity index (χ1n) is 9.43. The number of benzene rings is 2. The van der Waals surface area contributed by atoms with Crippen LogP contribution >= 0.6 is 11.8 Å². The number of aromatic hydroxyl groups is 1. The van der Waals surface area contributed by atoms with Crippen LogP contribution in [0.3, 0.4) is 0 Å². The SMILES string of the molecule is O=C(NN=Cc1c(SCc2ccccc2)nc2ccccn2c1=O)c1ccccc1O. The van der Waals surface area contributed by atoms with E-state index >= 15 is 0 Å². The molecule has 154 valence electrons. The van der Waals surface area contributed by atoms with Crippen molar-refractivity contribution in [2.24, 2.45) is 5.10 Å². The molecule has 0 unspecified atom stereocenters. The van der Waals surface area contributed by atoms with Crippen LogP contribution in [0.4, 0.5) is 0 Å². The molecule has 0 radical (unpaired) electrons. The number of aromatic nitrogens is 2. The van der Waals surface area contributed by atoms with Crippen molar-refractivity contribution in [1.82, 2.24) is 14.8 Å². The van der Waals surface area contributed by atoms with Gasteiger partial charge in [-0.15, -0.1) is 11.8 Å². The Bertz CT molecular complexity index is 1320. The summed E-state index contributed by atoms with van der Waals surface area (Å²) < 4.78 is 1.43. The Kier molecular flexibility index (Phi) is 6.09. The fraction of sp³-hybridized carbons (Fsp3) is 0.0435. The maximum Gasteiger partial charge on any atom is 0.275 e. The summed E-state index contributed by atoms with van der Waals surface area (Å²) in [5, 5.41) is 14.3. The lowest BCUT2D eigenvalue weighted by Gasteiger charge is -2.08. The summed E-state index contributed by atoms with van der Waals surface area (Å²) in [5.74, 6) is -0.107. The molecule has 0 aliphatic rings. The van der Waals surface area contributed by atoms with Gasteiger partial charge in [-0.3, -0.25) is 14.0 Å². The molecule has 4 aromatic rings. The molecule has 2 heterocycles. The Hall–Kier alpha value is -3.91. The number of phenolic OH excluding ortho intramolecular Hbond substituents is 1. The van der Waals surface area contributed by atoms with E-state index in [1.807, 2.05) is 36.4 Å². The molecule has 7 nitrogen and oxygen atoms in total. The van der Waals surface area contributed by atoms with E-state index in [2.05, 4.69) is 15.5 Å². The number of phenols is 1. The number of carbonyl (C=O) groups is 1. The van der Waals surface area contributed by atoms with Crippen LogP contribution in [0.15, 0.2) is 93.9 Å². The third-order valence-corrected chi connectivity index (χ3v) is 5.52. The molecule has 2 N–H and O–H groups in total. The van der Waals surface area contributed by atoms with Crippen LogP contribution < -0.4 is 11.0 Å². The first-order valence-corrected chi connectivity index (χ1v) is 10.4. The Morgan fingerprint density at radius 3 is 2.61 bits per heavy atom. The van der Waals surface area contributed by atoms with E-state index in [0.29, 0.717) is 16.4 Å². The second-order valence-corrected chi connectivity index (χ2v) is 7.52. The number of para-hydroxylation sites is 1. The van der Waals surface area contributed by atoms with Gasteiger partial charge in [0.15, 0.2) is 0 Å². The molecule has 0 bridgehead atoms. The van der Waals surface area contributed by atoms with Gasteiger partial charge in [0.1, 0.15) is 16.4 Å². The van der Waals surface area contributed by atoms with Gasteiger partial charge in [0, 0.05) is 11.9 Å². The molecule has 0 atom stereocenters. The Balaban J connectivity index is 1.64. The number of nitrogens with one attached hydrogen (secondary N) is 1. The molecule has 0 fully saturated rings. The number of hydrogen-bond donors (Lipinski definition) is 2. The molecule has 0 saturated carbocycles. The minimum Gasteiger partial charge on any atom is -0.507 e. The van der Waals surface area contributed by atoms with Crippen LogP contribution in [0.2, 0.25) is 0 Å². The van der Waals surface area contributed by atoms with Gasteiger partial charge in [0.25, 0.3) is 11.5 Å². The Labute approximate surface area is 182 Å². The van der Waals surface area contributed by atoms with Gasteiger partial charge in [-0.05, 0) is 29.8 Å². The zero-order valence-electron chi connectivity index (χ0n) is 16.3. The number of carbonyl (C=O) groups excluding carboxylic acids is 1. The second kappa shape index (κ2) is 9.27. The van der Waals surface area contributed by atoms with E-state index in [1.165, 1.54) is 34.5 Å². The van der Waals surface area contributed by atoms with E-state index in [4.69, 9.17) is 0 Å². The Morgan fingerprint density at radius 1 is 1.06 bits per heavy atom. The zero-order valence-corrected chi connectivity index (χ0v) is 17.1. The van der Waals surface area contributed by atoms with E-state index in [-0.39, 0.29) is 22.4 Å². The predicted molar refractivity (Wildman–Crippen MR) is 121 cm³/mol. The second-order valence-electron chi connectivity index (χ2n) is 6.56. The number of rotatable bonds is 6. The van der Waals surface area contributed by atoms with Gasteiger partial charge < -0.3 is 5.11 Å². The third kappa shape index (κ3) is 4.65. The summed E-state index contributed by atoms with van der Waals surface area (Å²) in [6, 6.07) is 21.3. The van der Waals surface area contributed by atoms with Crippen LogP contribution in [-0.2, 0) is 5.75 Å². The number of thioether (sulfide) groups is 1. The van der Waals surface area contributed by atoms with Gasteiger partial charge in [0.05, 0.1) is 17.3 Å². The summed E-state index contributed by atoms with van der Waals surface area (Å²) in [6.45, 7) is 0. The van der Waals surface area contributed by atoms with Crippen molar-refractivity contribution >= 4 is 29.5 Å². The fourth-order valence-electron chi connectivity index (χ4n) is 2.91. The number of amides is 1. The summed E-state index contributed by atoms with van der Waals surface area (Å²) in [5.41, 5.74) is 4.04. The van der Waals surface area contributed by atoms with Gasteiger partial charge >= 0.3 is 0 Å². The number of pyridine rings is 1. The molecule has 0 spiro atoms. The van der Waals surface area contributed by atoms with Gasteiger partial charge in [0.2, 0.25) is 0 Å². The molecule has 0 saturated heterocycles. The normalized spacial score (nSPS) is 11.1. The molecule has 0 aliphatic carbocycles. The largest absolute Gasteiger partial charge is 0.507 e. The molecular formula is C23H18N4O3S. The highest BCUT2D eigenvalue weighted by Crippen LogP contribution is 2.23. The van der Waals surface area contributed by atoms with Gasteiger partial charge in [-0.1, -0.05) is 48.5 Å². The fourth-order valence-corrected chi connectivity index (χ4v) is 3.86. The van der Waals surface area contributed by atoms with Crippen LogP contribution in [0.25, 0.3) is 5.65 Å². The summed E-state index contributed by atoms with van der Waals surface area (Å²) in [4.78, 5) is 29.9. The standard InChI is InChI=1S/C23H18N4O3S/c28-19-11-5-4-10-17(19)21(29)26-24-14-18-22(31-15-16-8-2-1-3-9-16)25-20-12-6-7-13-27(20)23(18)30/h1-14,28H,15H2,(H,26,29). The van der Waals surface area contributed by atoms with Crippen molar-refractivity contribution < 1.29 is 9.90 Å². The van der Waals surface area contributed by atoms with E-state index in [9.17, 15) is 14.7 Å². The van der Waals surface area contributed by atoms with Crippen molar-refractivity contribution in [1.29, 1.82) is 0 Å². The number of hydrogen-bond acceptors (Lipinski definition) is 6. The third-order valence-electron chi connectivity index (χ3n) is 4.46. The minimum atomic E-state index is -0.582. The average Bonchev–Trinajstić information content (AvgIpc) is 2.80. The van der Waals surface area contributed by atoms with Crippen LogP contribution in [-0.4, -0.2) is 26.6 Å². The lowest BCUT2D eigenvalue weighted by Crippen LogP contribution is -2.23. The van der Waals surface area contributed by atoms with Crippen molar-refractivity contribution in [2.45, 2.75) is 10.8 Å². The molecule has 0 aliphatic heterocycles.